The van der Waals surface area contributed by atoms with Crippen LogP contribution in [0.25, 0.3) is 0 Å². The molecule has 0 aliphatic carbocycles. The molecule has 1 aromatic rings. The molecule has 2 amide bonds. The van der Waals surface area contributed by atoms with Crippen LogP contribution in [0.2, 0.25) is 0 Å². The molecule has 4 heteroatoms. The zero-order chi connectivity index (χ0) is 11.0. The van der Waals surface area contributed by atoms with E-state index in [1.165, 1.54) is 10.0 Å². The zero-order valence-electron chi connectivity index (χ0n) is 8.73. The maximum atomic E-state index is 11.9. The molecule has 0 saturated carbocycles. The van der Waals surface area contributed by atoms with Crippen LogP contribution in [0.5, 0.6) is 0 Å². The van der Waals surface area contributed by atoms with Gasteiger partial charge in [0.2, 0.25) is 5.91 Å². The first-order valence-electron chi connectivity index (χ1n) is 4.73. The van der Waals surface area contributed by atoms with Crippen LogP contribution < -0.4 is 0 Å². The van der Waals surface area contributed by atoms with Crippen LogP contribution in [0, 0.1) is 0 Å². The third kappa shape index (κ3) is 1.48. The lowest BCUT2D eigenvalue weighted by Gasteiger charge is -2.25. The minimum absolute atomic E-state index is 0.0733. The number of likely N-dealkylation sites (N-methyl/N-ethyl adjacent to an activating group) is 1. The summed E-state index contributed by atoms with van der Waals surface area (Å²) in [7, 11) is 3.20. The molecule has 0 spiro atoms. The maximum absolute atomic E-state index is 11.9. The molecule has 15 heavy (non-hydrogen) atoms. The van der Waals surface area contributed by atoms with Crippen molar-refractivity contribution in [1.29, 1.82) is 0 Å². The van der Waals surface area contributed by atoms with Gasteiger partial charge in [0, 0.05) is 19.7 Å². The normalized spacial score (nSPS) is 16.4. The highest BCUT2D eigenvalue weighted by molar-refractivity contribution is 5.99. The Kier molecular flexibility index (Phi) is 2.19. The van der Waals surface area contributed by atoms with Crippen LogP contribution >= 0.6 is 0 Å². The molecular formula is C11H12N2O2. The highest BCUT2D eigenvalue weighted by Gasteiger charge is 2.27. The van der Waals surface area contributed by atoms with E-state index in [4.69, 9.17) is 0 Å². The Morgan fingerprint density at radius 3 is 2.47 bits per heavy atom. The monoisotopic (exact) mass is 204 g/mol. The predicted molar refractivity (Wildman–Crippen MR) is 55.0 cm³/mol. The summed E-state index contributed by atoms with van der Waals surface area (Å²) in [4.78, 5) is 23.6. The lowest BCUT2D eigenvalue weighted by Crippen LogP contribution is -2.43. The van der Waals surface area contributed by atoms with E-state index < -0.39 is 0 Å². The number of fused-ring (bicyclic) bond motifs is 1. The molecular weight excluding hydrogens is 192 g/mol. The number of hydrazine groups is 1. The molecule has 0 unspecified atom stereocenters. The van der Waals surface area contributed by atoms with E-state index in [0.29, 0.717) is 5.56 Å². The third-order valence-electron chi connectivity index (χ3n) is 2.69. The van der Waals surface area contributed by atoms with Gasteiger partial charge in [-0.2, -0.15) is 0 Å². The summed E-state index contributed by atoms with van der Waals surface area (Å²) in [5, 5.41) is 2.69. The highest BCUT2D eigenvalue weighted by Crippen LogP contribution is 2.17. The number of carbonyl (C=O) groups is 2. The number of hydrogen-bond donors (Lipinski definition) is 0. The minimum atomic E-state index is -0.140. The largest absolute Gasteiger partial charge is 0.273 e. The molecule has 0 saturated heterocycles. The Balaban J connectivity index is 2.53. The average molecular weight is 204 g/mol. The molecule has 0 bridgehead atoms. The lowest BCUT2D eigenvalue weighted by molar-refractivity contribution is -0.139. The molecule has 1 aliphatic rings. The zero-order valence-corrected chi connectivity index (χ0v) is 8.73. The van der Waals surface area contributed by atoms with E-state index in [1.54, 1.807) is 26.2 Å². The molecule has 0 N–H and O–H groups in total. The van der Waals surface area contributed by atoms with Crippen LogP contribution in [0.1, 0.15) is 15.9 Å². The van der Waals surface area contributed by atoms with Gasteiger partial charge in [0.25, 0.3) is 5.91 Å². The Labute approximate surface area is 88.1 Å². The first-order chi connectivity index (χ1) is 7.11. The van der Waals surface area contributed by atoms with Crippen LogP contribution in [-0.2, 0) is 11.2 Å². The maximum Gasteiger partial charge on any atom is 0.272 e. The topological polar surface area (TPSA) is 40.6 Å². The van der Waals surface area contributed by atoms with Crippen molar-refractivity contribution in [2.75, 3.05) is 14.1 Å². The predicted octanol–water partition coefficient (Wildman–Crippen LogP) is 0.688. The van der Waals surface area contributed by atoms with Gasteiger partial charge in [-0.05, 0) is 11.6 Å². The fourth-order valence-electron chi connectivity index (χ4n) is 1.64. The number of amides is 2. The molecule has 1 heterocycles. The summed E-state index contributed by atoms with van der Waals surface area (Å²) in [6.07, 6.45) is 0.281. The Morgan fingerprint density at radius 2 is 1.73 bits per heavy atom. The van der Waals surface area contributed by atoms with E-state index in [-0.39, 0.29) is 18.2 Å². The quantitative estimate of drug-likeness (QED) is 0.623. The molecule has 0 fully saturated rings. The number of carbonyl (C=O) groups excluding carboxylic acids is 2. The molecule has 0 aromatic heterocycles. The fourth-order valence-corrected chi connectivity index (χ4v) is 1.64. The van der Waals surface area contributed by atoms with Gasteiger partial charge in [-0.15, -0.1) is 0 Å². The number of hydrogen-bond acceptors (Lipinski definition) is 2. The summed E-state index contributed by atoms with van der Waals surface area (Å²) in [6, 6.07) is 7.21. The van der Waals surface area contributed by atoms with Gasteiger partial charge < -0.3 is 0 Å². The van der Waals surface area contributed by atoms with Crippen molar-refractivity contribution in [3.63, 3.8) is 0 Å². The lowest BCUT2D eigenvalue weighted by atomic mass is 10.0. The Morgan fingerprint density at radius 1 is 1.07 bits per heavy atom. The van der Waals surface area contributed by atoms with Crippen LogP contribution in [-0.4, -0.2) is 35.9 Å². The molecule has 2 rings (SSSR count). The second kappa shape index (κ2) is 3.38. The van der Waals surface area contributed by atoms with E-state index >= 15 is 0 Å². The summed E-state index contributed by atoms with van der Waals surface area (Å²) in [5.74, 6) is -0.213. The van der Waals surface area contributed by atoms with Crippen LogP contribution in [0.3, 0.4) is 0 Å². The van der Waals surface area contributed by atoms with Gasteiger partial charge in [-0.25, -0.2) is 0 Å². The molecule has 4 nitrogen and oxygen atoms in total. The first kappa shape index (κ1) is 9.71. The van der Waals surface area contributed by atoms with Crippen molar-refractivity contribution in [1.82, 2.24) is 10.0 Å². The molecule has 1 aromatic carbocycles. The van der Waals surface area contributed by atoms with E-state index in [9.17, 15) is 9.59 Å². The molecule has 78 valence electrons. The van der Waals surface area contributed by atoms with E-state index in [1.807, 2.05) is 12.1 Å². The molecule has 0 atom stereocenters. The van der Waals surface area contributed by atoms with Gasteiger partial charge in [-0.1, -0.05) is 18.2 Å². The van der Waals surface area contributed by atoms with Crippen LogP contribution in [0.15, 0.2) is 24.3 Å². The Hall–Kier alpha value is -1.84. The van der Waals surface area contributed by atoms with Crippen molar-refractivity contribution in [3.05, 3.63) is 35.4 Å². The fraction of sp³-hybridized carbons (Fsp3) is 0.273. The highest BCUT2D eigenvalue weighted by atomic mass is 16.2. The first-order valence-corrected chi connectivity index (χ1v) is 4.73. The van der Waals surface area contributed by atoms with Crippen molar-refractivity contribution < 1.29 is 9.59 Å². The van der Waals surface area contributed by atoms with Gasteiger partial charge >= 0.3 is 0 Å². The molecule has 1 aliphatic heterocycles. The van der Waals surface area contributed by atoms with Crippen molar-refractivity contribution >= 4 is 11.8 Å². The smallest absolute Gasteiger partial charge is 0.272 e. The summed E-state index contributed by atoms with van der Waals surface area (Å²) < 4.78 is 0. The average Bonchev–Trinajstić information content (AvgIpc) is 2.32. The summed E-state index contributed by atoms with van der Waals surface area (Å²) in [6.45, 7) is 0. The van der Waals surface area contributed by atoms with E-state index in [0.717, 1.165) is 5.56 Å². The summed E-state index contributed by atoms with van der Waals surface area (Å²) >= 11 is 0. The number of nitrogens with zero attached hydrogens (tertiary/aromatic N) is 2. The second-order valence-corrected chi connectivity index (χ2v) is 3.58. The summed E-state index contributed by atoms with van der Waals surface area (Å²) in [5.41, 5.74) is 1.40. The Bertz CT molecular complexity index is 428. The molecule has 0 radical (unpaired) electrons. The van der Waals surface area contributed by atoms with Gasteiger partial charge in [-0.3, -0.25) is 19.6 Å². The standard InChI is InChI=1S/C11H12N2O2/c1-12-10(14)7-8-5-3-4-6-9(8)11(15)13(12)2/h3-6H,7H2,1-2H3. The second-order valence-electron chi connectivity index (χ2n) is 3.58. The van der Waals surface area contributed by atoms with Gasteiger partial charge in [0.1, 0.15) is 0 Å². The van der Waals surface area contributed by atoms with E-state index in [2.05, 4.69) is 0 Å². The van der Waals surface area contributed by atoms with Gasteiger partial charge in [0.05, 0.1) is 6.42 Å². The van der Waals surface area contributed by atoms with Crippen LogP contribution in [0.4, 0.5) is 0 Å². The third-order valence-corrected chi connectivity index (χ3v) is 2.69. The van der Waals surface area contributed by atoms with Crippen molar-refractivity contribution in [2.24, 2.45) is 0 Å². The number of benzene rings is 1. The minimum Gasteiger partial charge on any atom is -0.273 e. The van der Waals surface area contributed by atoms with Gasteiger partial charge in [0.15, 0.2) is 0 Å². The van der Waals surface area contributed by atoms with Crippen molar-refractivity contribution in [3.8, 4) is 0 Å². The number of rotatable bonds is 0. The SMILES string of the molecule is CN1C(=O)Cc2ccccc2C(=O)N1C. The van der Waals surface area contributed by atoms with Crippen molar-refractivity contribution in [2.45, 2.75) is 6.42 Å².